The third kappa shape index (κ3) is 3.80. The molecule has 9 heteroatoms. The van der Waals surface area contributed by atoms with Crippen LogP contribution in [0.1, 0.15) is 37.1 Å². The predicted octanol–water partition coefficient (Wildman–Crippen LogP) is 2.05. The van der Waals surface area contributed by atoms with Crippen molar-refractivity contribution in [2.75, 3.05) is 16.4 Å². The highest BCUT2D eigenvalue weighted by Gasteiger charge is 2.34. The van der Waals surface area contributed by atoms with Gasteiger partial charge in [0.25, 0.3) is 0 Å². The van der Waals surface area contributed by atoms with Crippen LogP contribution >= 0.6 is 11.6 Å². The number of nitrogens with zero attached hydrogens (tertiary/aromatic N) is 3. The number of nitrogen functional groups attached to an aromatic ring is 1. The molecule has 0 unspecified atom stereocenters. The van der Waals surface area contributed by atoms with Crippen molar-refractivity contribution < 1.29 is 9.90 Å². The summed E-state index contributed by atoms with van der Waals surface area (Å²) in [5, 5.41) is 16.2. The number of nitrogens with one attached hydrogen (secondary N) is 2. The summed E-state index contributed by atoms with van der Waals surface area (Å²) >= 11 is 5.98. The first-order valence-corrected chi connectivity index (χ1v) is 8.35. The van der Waals surface area contributed by atoms with Crippen LogP contribution in [0.2, 0.25) is 5.15 Å². The van der Waals surface area contributed by atoms with Crippen LogP contribution in [0.3, 0.4) is 0 Å². The normalized spacial score (nSPS) is 15.8. The van der Waals surface area contributed by atoms with Gasteiger partial charge in [0.2, 0.25) is 12.4 Å². The van der Waals surface area contributed by atoms with Gasteiger partial charge in [-0.1, -0.05) is 30.5 Å². The fourth-order valence-corrected chi connectivity index (χ4v) is 3.22. The molecule has 0 aliphatic heterocycles. The average molecular weight is 363 g/mol. The second-order valence-electron chi connectivity index (χ2n) is 5.96. The van der Waals surface area contributed by atoms with Crippen LogP contribution < -0.4 is 16.4 Å². The third-order valence-electron chi connectivity index (χ3n) is 4.24. The Balaban J connectivity index is 1.79. The van der Waals surface area contributed by atoms with Crippen LogP contribution in [0.4, 0.5) is 17.5 Å². The van der Waals surface area contributed by atoms with Crippen LogP contribution in [0.15, 0.2) is 18.2 Å². The highest BCUT2D eigenvalue weighted by Crippen LogP contribution is 2.37. The van der Waals surface area contributed by atoms with E-state index >= 15 is 0 Å². The zero-order valence-electron chi connectivity index (χ0n) is 13.5. The maximum Gasteiger partial charge on any atom is 0.223 e. The van der Waals surface area contributed by atoms with E-state index in [1.54, 1.807) is 0 Å². The van der Waals surface area contributed by atoms with Crippen LogP contribution in [0.5, 0.6) is 0 Å². The molecule has 0 radical (unpaired) electrons. The minimum atomic E-state index is -0.844. The van der Waals surface area contributed by atoms with Gasteiger partial charge in [-0.05, 0) is 25.0 Å². The molecule has 2 heterocycles. The average Bonchev–Trinajstić information content (AvgIpc) is 3.04. The molecule has 1 aliphatic rings. The number of pyridine rings is 1. The fraction of sp³-hybridized carbons (Fsp3) is 0.375. The van der Waals surface area contributed by atoms with Gasteiger partial charge in [0.15, 0.2) is 11.0 Å². The van der Waals surface area contributed by atoms with E-state index in [0.29, 0.717) is 24.5 Å². The van der Waals surface area contributed by atoms with Crippen molar-refractivity contribution in [1.82, 2.24) is 15.0 Å². The molecule has 8 nitrogen and oxygen atoms in total. The van der Waals surface area contributed by atoms with E-state index in [1.807, 2.05) is 18.2 Å². The Labute approximate surface area is 149 Å². The van der Waals surface area contributed by atoms with Gasteiger partial charge in [-0.3, -0.25) is 9.78 Å². The van der Waals surface area contributed by atoms with E-state index in [-0.39, 0.29) is 16.8 Å². The lowest BCUT2D eigenvalue weighted by Crippen LogP contribution is -2.23. The van der Waals surface area contributed by atoms with E-state index in [9.17, 15) is 9.90 Å². The molecule has 132 valence electrons. The van der Waals surface area contributed by atoms with E-state index in [0.717, 1.165) is 31.4 Å². The van der Waals surface area contributed by atoms with Crippen LogP contribution in [0, 0.1) is 0 Å². The Morgan fingerprint density at radius 3 is 2.76 bits per heavy atom. The highest BCUT2D eigenvalue weighted by atomic mass is 35.5. The minimum Gasteiger partial charge on any atom is -0.384 e. The van der Waals surface area contributed by atoms with Gasteiger partial charge in [-0.25, -0.2) is 0 Å². The molecular formula is C16H19ClN6O2. The van der Waals surface area contributed by atoms with Gasteiger partial charge < -0.3 is 21.5 Å². The summed E-state index contributed by atoms with van der Waals surface area (Å²) in [5.41, 5.74) is 6.41. The maximum atomic E-state index is 10.7. The second kappa shape index (κ2) is 7.20. The van der Waals surface area contributed by atoms with Crippen molar-refractivity contribution in [2.45, 2.75) is 37.8 Å². The van der Waals surface area contributed by atoms with Crippen LogP contribution in [-0.2, 0) is 16.9 Å². The zero-order valence-corrected chi connectivity index (χ0v) is 14.3. The molecule has 0 aromatic carbocycles. The van der Waals surface area contributed by atoms with E-state index < -0.39 is 5.60 Å². The molecule has 0 bridgehead atoms. The van der Waals surface area contributed by atoms with Crippen molar-refractivity contribution in [3.63, 3.8) is 0 Å². The molecule has 2 aromatic rings. The molecule has 0 saturated heterocycles. The Morgan fingerprint density at radius 2 is 2.04 bits per heavy atom. The summed E-state index contributed by atoms with van der Waals surface area (Å²) in [7, 11) is 0. The van der Waals surface area contributed by atoms with Crippen molar-refractivity contribution >= 4 is 35.5 Å². The topological polar surface area (TPSA) is 126 Å². The maximum absolute atomic E-state index is 10.7. The summed E-state index contributed by atoms with van der Waals surface area (Å²) in [6.45, 7) is 0.324. The summed E-state index contributed by atoms with van der Waals surface area (Å²) < 4.78 is 0. The zero-order chi connectivity index (χ0) is 17.9. The number of amides is 1. The molecule has 1 amide bonds. The largest absolute Gasteiger partial charge is 0.384 e. The van der Waals surface area contributed by atoms with Crippen molar-refractivity contribution in [3.8, 4) is 0 Å². The smallest absolute Gasteiger partial charge is 0.223 e. The van der Waals surface area contributed by atoms with E-state index in [2.05, 4.69) is 25.6 Å². The summed E-state index contributed by atoms with van der Waals surface area (Å²) in [6.07, 6.45) is 3.94. The third-order valence-corrected chi connectivity index (χ3v) is 4.51. The number of rotatable bonds is 6. The lowest BCUT2D eigenvalue weighted by Gasteiger charge is -2.22. The summed E-state index contributed by atoms with van der Waals surface area (Å²) in [5.74, 6) is 0.294. The molecule has 3 rings (SSSR count). The fourth-order valence-electron chi connectivity index (χ4n) is 2.99. The molecule has 0 spiro atoms. The molecule has 1 fully saturated rings. The predicted molar refractivity (Wildman–Crippen MR) is 95.1 cm³/mol. The molecule has 25 heavy (non-hydrogen) atoms. The standard InChI is InChI=1S/C16H19ClN6O2/c17-13-12(20-9-24)14(23-15(18)22-13)19-8-10-4-3-5-11(21-10)16(25)6-1-2-7-16/h3-5,9,25H,1-2,6-8H2,(H,20,24)(H3,18,19,22,23). The number of hydrogen-bond acceptors (Lipinski definition) is 7. The Morgan fingerprint density at radius 1 is 1.28 bits per heavy atom. The van der Waals surface area contributed by atoms with E-state index in [1.165, 1.54) is 0 Å². The lowest BCUT2D eigenvalue weighted by atomic mass is 9.97. The van der Waals surface area contributed by atoms with Crippen molar-refractivity contribution in [1.29, 1.82) is 0 Å². The number of aromatic nitrogens is 3. The van der Waals surface area contributed by atoms with Crippen LogP contribution in [0.25, 0.3) is 0 Å². The lowest BCUT2D eigenvalue weighted by molar-refractivity contribution is -0.105. The summed E-state index contributed by atoms with van der Waals surface area (Å²) in [6, 6.07) is 5.54. The second-order valence-corrected chi connectivity index (χ2v) is 6.32. The first kappa shape index (κ1) is 17.4. The number of nitrogens with two attached hydrogens (primary N) is 1. The highest BCUT2D eigenvalue weighted by molar-refractivity contribution is 6.33. The minimum absolute atomic E-state index is 0.00840. The van der Waals surface area contributed by atoms with Crippen molar-refractivity contribution in [3.05, 3.63) is 34.7 Å². The molecule has 0 atom stereocenters. The molecule has 5 N–H and O–H groups in total. The number of carbonyl (C=O) groups is 1. The van der Waals surface area contributed by atoms with Gasteiger partial charge >= 0.3 is 0 Å². The Kier molecular flexibility index (Phi) is 5.00. The molecule has 1 aliphatic carbocycles. The van der Waals surface area contributed by atoms with E-state index in [4.69, 9.17) is 17.3 Å². The number of anilines is 3. The van der Waals surface area contributed by atoms with Gasteiger partial charge in [-0.15, -0.1) is 0 Å². The number of carbonyl (C=O) groups excluding carboxylic acids is 1. The number of aliphatic hydroxyl groups is 1. The van der Waals surface area contributed by atoms with Gasteiger partial charge in [0.05, 0.1) is 17.9 Å². The van der Waals surface area contributed by atoms with Crippen LogP contribution in [-0.4, -0.2) is 26.5 Å². The SMILES string of the molecule is Nc1nc(Cl)c(NC=O)c(NCc2cccc(C3(O)CCCC3)n2)n1. The number of hydrogen-bond donors (Lipinski definition) is 4. The van der Waals surface area contributed by atoms with Gasteiger partial charge in [-0.2, -0.15) is 9.97 Å². The monoisotopic (exact) mass is 362 g/mol. The molecular weight excluding hydrogens is 344 g/mol. The first-order chi connectivity index (χ1) is 12.0. The Hall–Kier alpha value is -2.45. The van der Waals surface area contributed by atoms with Crippen molar-refractivity contribution in [2.24, 2.45) is 0 Å². The molecule has 2 aromatic heterocycles. The summed E-state index contributed by atoms with van der Waals surface area (Å²) in [4.78, 5) is 23.2. The number of halogens is 1. The van der Waals surface area contributed by atoms with Gasteiger partial charge in [0, 0.05) is 0 Å². The quantitative estimate of drug-likeness (QED) is 0.457. The Bertz CT molecular complexity index is 779. The first-order valence-electron chi connectivity index (χ1n) is 7.98. The molecule has 1 saturated carbocycles. The van der Waals surface area contributed by atoms with Gasteiger partial charge in [0.1, 0.15) is 11.3 Å².